The van der Waals surface area contributed by atoms with Gasteiger partial charge in [0.25, 0.3) is 10.0 Å². The number of piperidine rings is 1. The molecule has 5 rings (SSSR count). The molecule has 2 aliphatic heterocycles. The topological polar surface area (TPSA) is 113 Å². The molecular formula is C28H30ClN3O6S2. The highest BCUT2D eigenvalue weighted by molar-refractivity contribution is 7.92. The summed E-state index contributed by atoms with van der Waals surface area (Å²) in [5.74, 6) is -0.267. The van der Waals surface area contributed by atoms with E-state index in [4.69, 9.17) is 16.3 Å². The van der Waals surface area contributed by atoms with Crippen LogP contribution in [0.3, 0.4) is 0 Å². The summed E-state index contributed by atoms with van der Waals surface area (Å²) in [6, 6.07) is 17.5. The molecule has 9 nitrogen and oxygen atoms in total. The van der Waals surface area contributed by atoms with Crippen molar-refractivity contribution < 1.29 is 26.4 Å². The third kappa shape index (κ3) is 5.69. The lowest BCUT2D eigenvalue weighted by molar-refractivity contribution is -0.120. The highest BCUT2D eigenvalue weighted by atomic mass is 35.5. The fourth-order valence-corrected chi connectivity index (χ4v) is 8.20. The van der Waals surface area contributed by atoms with Gasteiger partial charge in [-0.1, -0.05) is 17.7 Å². The summed E-state index contributed by atoms with van der Waals surface area (Å²) in [7, 11) is -7.59. The Kier molecular flexibility index (Phi) is 8.10. The number of benzene rings is 3. The molecule has 0 radical (unpaired) electrons. The molecule has 0 aliphatic carbocycles. The lowest BCUT2D eigenvalue weighted by Gasteiger charge is -2.31. The zero-order chi connectivity index (χ0) is 28.5. The number of carbonyl (C=O) groups excluding carboxylic acids is 1. The van der Waals surface area contributed by atoms with Crippen LogP contribution in [0.25, 0.3) is 0 Å². The summed E-state index contributed by atoms with van der Waals surface area (Å²) in [5, 5.41) is 3.32. The predicted octanol–water partition coefficient (Wildman–Crippen LogP) is 4.53. The Bertz CT molecular complexity index is 1610. The summed E-state index contributed by atoms with van der Waals surface area (Å²) in [5.41, 5.74) is 1.82. The molecule has 1 saturated heterocycles. The van der Waals surface area contributed by atoms with Crippen LogP contribution in [-0.2, 0) is 31.3 Å². The van der Waals surface area contributed by atoms with Crippen molar-refractivity contribution >= 4 is 48.9 Å². The lowest BCUT2D eigenvalue weighted by Crippen LogP contribution is -2.43. The van der Waals surface area contributed by atoms with Crippen molar-refractivity contribution in [1.29, 1.82) is 0 Å². The van der Waals surface area contributed by atoms with Crippen molar-refractivity contribution in [1.82, 2.24) is 4.31 Å². The number of carbonyl (C=O) groups is 1. The zero-order valence-electron chi connectivity index (χ0n) is 21.9. The standard InChI is InChI=1S/C28H30ClN3O6S2/c1-2-38-24-9-13-25(14-10-24)39(34,35)31-16-3-4-21(19-31)28(33)30-23-8-5-20-15-17-32(27(20)18-23)40(36,37)26-11-6-22(29)7-12-26/h5-14,18,21H,2-4,15-17,19H2,1H3,(H,30,33). The SMILES string of the molecule is CCOc1ccc(S(=O)(=O)N2CCCC(C(=O)Nc3ccc4c(c3)N(S(=O)(=O)c3ccc(Cl)cc3)CC4)C2)cc1. The molecule has 1 fully saturated rings. The first-order chi connectivity index (χ1) is 19.1. The second kappa shape index (κ2) is 11.4. The summed E-state index contributed by atoms with van der Waals surface area (Å²) < 4.78 is 61.2. The molecule has 12 heteroatoms. The highest BCUT2D eigenvalue weighted by Gasteiger charge is 2.34. The number of nitrogens with zero attached hydrogens (tertiary/aromatic N) is 2. The Morgan fingerprint density at radius 1 is 0.950 bits per heavy atom. The average molecular weight is 604 g/mol. The van der Waals surface area contributed by atoms with Crippen LogP contribution in [0.2, 0.25) is 5.02 Å². The molecule has 0 bridgehead atoms. The van der Waals surface area contributed by atoms with Crippen LogP contribution in [0.5, 0.6) is 5.75 Å². The van der Waals surface area contributed by atoms with Crippen LogP contribution in [0.1, 0.15) is 25.3 Å². The molecule has 1 unspecified atom stereocenters. The van der Waals surface area contributed by atoms with Gasteiger partial charge in [-0.2, -0.15) is 4.31 Å². The van der Waals surface area contributed by atoms with E-state index in [0.717, 1.165) is 5.56 Å². The normalized spacial score (nSPS) is 17.9. The number of nitrogens with one attached hydrogen (secondary N) is 1. The van der Waals surface area contributed by atoms with Gasteiger partial charge in [0.15, 0.2) is 0 Å². The van der Waals surface area contributed by atoms with Crippen molar-refractivity contribution in [2.24, 2.45) is 5.92 Å². The predicted molar refractivity (Wildman–Crippen MR) is 154 cm³/mol. The first-order valence-electron chi connectivity index (χ1n) is 13.0. The van der Waals surface area contributed by atoms with Crippen LogP contribution >= 0.6 is 11.6 Å². The van der Waals surface area contributed by atoms with E-state index in [1.54, 1.807) is 24.3 Å². The number of halogens is 1. The van der Waals surface area contributed by atoms with Crippen LogP contribution in [0.15, 0.2) is 76.5 Å². The number of anilines is 2. The number of hydrogen-bond acceptors (Lipinski definition) is 6. The first-order valence-corrected chi connectivity index (χ1v) is 16.3. The minimum absolute atomic E-state index is 0.0589. The quantitative estimate of drug-likeness (QED) is 0.405. The van der Waals surface area contributed by atoms with Gasteiger partial charge >= 0.3 is 0 Å². The van der Waals surface area contributed by atoms with Crippen molar-refractivity contribution in [3.8, 4) is 5.75 Å². The molecule has 3 aromatic carbocycles. The number of ether oxygens (including phenoxy) is 1. The molecule has 1 N–H and O–H groups in total. The molecule has 212 valence electrons. The average Bonchev–Trinajstić information content (AvgIpc) is 3.38. The van der Waals surface area contributed by atoms with Crippen molar-refractivity contribution in [2.45, 2.75) is 36.0 Å². The van der Waals surface area contributed by atoms with Crippen LogP contribution < -0.4 is 14.4 Å². The number of hydrogen-bond donors (Lipinski definition) is 1. The van der Waals surface area contributed by atoms with Crippen molar-refractivity contribution in [2.75, 3.05) is 35.9 Å². The van der Waals surface area contributed by atoms with Gasteiger partial charge < -0.3 is 10.1 Å². The molecule has 0 spiro atoms. The fourth-order valence-electron chi connectivity index (χ4n) is 5.05. The summed E-state index contributed by atoms with van der Waals surface area (Å²) in [4.78, 5) is 13.5. The minimum Gasteiger partial charge on any atom is -0.494 e. The molecule has 3 aromatic rings. The summed E-state index contributed by atoms with van der Waals surface area (Å²) in [6.07, 6.45) is 1.65. The maximum atomic E-state index is 13.3. The number of rotatable bonds is 8. The monoisotopic (exact) mass is 603 g/mol. The molecule has 1 amide bonds. The van der Waals surface area contributed by atoms with E-state index in [9.17, 15) is 21.6 Å². The Labute approximate surface area is 239 Å². The van der Waals surface area contributed by atoms with Crippen molar-refractivity contribution in [3.05, 3.63) is 77.3 Å². The smallest absolute Gasteiger partial charge is 0.264 e. The Hall–Kier alpha value is -3.12. The maximum absolute atomic E-state index is 13.3. The Balaban J connectivity index is 1.30. The second-order valence-corrected chi connectivity index (χ2v) is 14.0. The maximum Gasteiger partial charge on any atom is 0.264 e. The van der Waals surface area contributed by atoms with Gasteiger partial charge in [0, 0.05) is 30.3 Å². The molecule has 2 aliphatic rings. The van der Waals surface area contributed by atoms with Gasteiger partial charge in [-0.15, -0.1) is 0 Å². The molecule has 1 atom stereocenters. The third-order valence-electron chi connectivity index (χ3n) is 7.13. The minimum atomic E-state index is -3.81. The molecule has 40 heavy (non-hydrogen) atoms. The van der Waals surface area contributed by atoms with E-state index >= 15 is 0 Å². The van der Waals surface area contributed by atoms with Gasteiger partial charge in [-0.05, 0) is 92.4 Å². The van der Waals surface area contributed by atoms with E-state index in [1.165, 1.54) is 45.0 Å². The number of amides is 1. The second-order valence-electron chi connectivity index (χ2n) is 9.72. The van der Waals surface area contributed by atoms with E-state index in [0.29, 0.717) is 61.1 Å². The van der Waals surface area contributed by atoms with E-state index in [-0.39, 0.29) is 22.2 Å². The van der Waals surface area contributed by atoms with Crippen LogP contribution in [-0.4, -0.2) is 53.3 Å². The Morgan fingerprint density at radius 2 is 1.62 bits per heavy atom. The number of sulfonamides is 2. The fraction of sp³-hybridized carbons (Fsp3) is 0.321. The number of fused-ring (bicyclic) bond motifs is 1. The Morgan fingerprint density at radius 3 is 2.33 bits per heavy atom. The van der Waals surface area contributed by atoms with Crippen molar-refractivity contribution in [3.63, 3.8) is 0 Å². The summed E-state index contributed by atoms with van der Waals surface area (Å²) >= 11 is 5.93. The van der Waals surface area contributed by atoms with E-state index in [2.05, 4.69) is 5.32 Å². The first kappa shape index (κ1) is 28.4. The zero-order valence-corrected chi connectivity index (χ0v) is 24.3. The van der Waals surface area contributed by atoms with E-state index in [1.807, 2.05) is 13.0 Å². The van der Waals surface area contributed by atoms with Gasteiger partial charge in [-0.3, -0.25) is 9.10 Å². The third-order valence-corrected chi connectivity index (χ3v) is 11.1. The summed E-state index contributed by atoms with van der Waals surface area (Å²) in [6.45, 7) is 3.01. The van der Waals surface area contributed by atoms with Gasteiger partial charge in [-0.25, -0.2) is 16.8 Å². The van der Waals surface area contributed by atoms with E-state index < -0.39 is 26.0 Å². The van der Waals surface area contributed by atoms with Gasteiger partial charge in [0.1, 0.15) is 5.75 Å². The largest absolute Gasteiger partial charge is 0.494 e. The van der Waals surface area contributed by atoms with Gasteiger partial charge in [0.2, 0.25) is 15.9 Å². The van der Waals surface area contributed by atoms with Gasteiger partial charge in [0.05, 0.1) is 28.0 Å². The molecule has 0 saturated carbocycles. The lowest BCUT2D eigenvalue weighted by atomic mass is 9.98. The highest BCUT2D eigenvalue weighted by Crippen LogP contribution is 2.36. The molecule has 2 heterocycles. The van der Waals surface area contributed by atoms with Crippen LogP contribution in [0.4, 0.5) is 11.4 Å². The molecule has 0 aromatic heterocycles. The van der Waals surface area contributed by atoms with Crippen LogP contribution in [0, 0.1) is 5.92 Å². The molecular weight excluding hydrogens is 574 g/mol.